The Kier molecular flexibility index (Phi) is 4.71. The summed E-state index contributed by atoms with van der Waals surface area (Å²) in [5.41, 5.74) is 2.71. The van der Waals surface area contributed by atoms with Crippen molar-refractivity contribution in [2.24, 2.45) is 11.8 Å². The van der Waals surface area contributed by atoms with Crippen LogP contribution in [0.5, 0.6) is 0 Å². The van der Waals surface area contributed by atoms with Crippen molar-refractivity contribution >= 4 is 0 Å². The fourth-order valence-corrected chi connectivity index (χ4v) is 4.84. The zero-order valence-corrected chi connectivity index (χ0v) is 14.2. The average molecular weight is 315 g/mol. The van der Waals surface area contributed by atoms with Crippen LogP contribution in [0.25, 0.3) is 0 Å². The molecular formula is C21H30FN. The van der Waals surface area contributed by atoms with Gasteiger partial charge in [0.1, 0.15) is 5.82 Å². The molecule has 2 fully saturated rings. The lowest BCUT2D eigenvalue weighted by atomic mass is 9.76. The summed E-state index contributed by atoms with van der Waals surface area (Å²) >= 11 is 0. The van der Waals surface area contributed by atoms with Crippen LogP contribution in [0.1, 0.15) is 74.8 Å². The summed E-state index contributed by atoms with van der Waals surface area (Å²) in [7, 11) is 0. The van der Waals surface area contributed by atoms with Gasteiger partial charge < -0.3 is 5.32 Å². The van der Waals surface area contributed by atoms with Gasteiger partial charge in [-0.2, -0.15) is 0 Å². The maximum absolute atomic E-state index is 13.6. The minimum Gasteiger partial charge on any atom is -0.313 e. The van der Waals surface area contributed by atoms with Crippen molar-refractivity contribution in [1.82, 2.24) is 5.32 Å². The van der Waals surface area contributed by atoms with E-state index >= 15 is 0 Å². The molecule has 1 aromatic rings. The predicted molar refractivity (Wildman–Crippen MR) is 93.2 cm³/mol. The summed E-state index contributed by atoms with van der Waals surface area (Å²) in [5, 5.41) is 3.94. The van der Waals surface area contributed by atoms with Gasteiger partial charge in [-0.05, 0) is 79.7 Å². The number of hydrogen-bond acceptors (Lipinski definition) is 1. The SMILES string of the molecule is Fc1ccc2c(c1)CCC(NCC1CCCCC1)C2CC1CC1. The van der Waals surface area contributed by atoms with E-state index in [0.29, 0.717) is 12.0 Å². The lowest BCUT2D eigenvalue weighted by molar-refractivity contribution is 0.294. The Hall–Kier alpha value is -0.890. The third kappa shape index (κ3) is 3.79. The standard InChI is InChI=1S/C21H30FN/c22-18-9-10-19-17(13-18)8-11-21(20(19)12-15-6-7-15)23-14-16-4-2-1-3-5-16/h9-10,13,15-16,20-21,23H,1-8,11-12,14H2. The maximum atomic E-state index is 13.6. The normalized spacial score (nSPS) is 28.6. The fourth-order valence-electron chi connectivity index (χ4n) is 4.84. The van der Waals surface area contributed by atoms with Crippen LogP contribution >= 0.6 is 0 Å². The highest BCUT2D eigenvalue weighted by molar-refractivity contribution is 5.35. The highest BCUT2D eigenvalue weighted by Gasteiger charge is 2.34. The van der Waals surface area contributed by atoms with E-state index < -0.39 is 0 Å². The highest BCUT2D eigenvalue weighted by atomic mass is 19.1. The molecular weight excluding hydrogens is 285 g/mol. The largest absolute Gasteiger partial charge is 0.313 e. The summed E-state index contributed by atoms with van der Waals surface area (Å²) in [5.74, 6) is 2.35. The molecule has 4 rings (SSSR count). The molecule has 2 heteroatoms. The van der Waals surface area contributed by atoms with E-state index in [1.54, 1.807) is 12.1 Å². The van der Waals surface area contributed by atoms with Gasteiger partial charge >= 0.3 is 0 Å². The highest BCUT2D eigenvalue weighted by Crippen LogP contribution is 2.43. The van der Waals surface area contributed by atoms with E-state index in [2.05, 4.69) is 11.4 Å². The van der Waals surface area contributed by atoms with Crippen molar-refractivity contribution in [3.8, 4) is 0 Å². The van der Waals surface area contributed by atoms with Gasteiger partial charge in [-0.1, -0.05) is 38.2 Å². The zero-order chi connectivity index (χ0) is 15.6. The Labute approximate surface area is 140 Å². The lowest BCUT2D eigenvalue weighted by Crippen LogP contribution is -2.41. The molecule has 1 aromatic carbocycles. The number of rotatable bonds is 5. The number of halogens is 1. The third-order valence-corrected chi connectivity index (χ3v) is 6.39. The molecule has 0 bridgehead atoms. The first-order chi connectivity index (χ1) is 11.3. The molecule has 0 amide bonds. The molecule has 0 spiro atoms. The number of nitrogens with one attached hydrogen (secondary N) is 1. The van der Waals surface area contributed by atoms with E-state index in [-0.39, 0.29) is 5.82 Å². The Balaban J connectivity index is 1.45. The molecule has 3 aliphatic carbocycles. The van der Waals surface area contributed by atoms with E-state index in [4.69, 9.17) is 0 Å². The van der Waals surface area contributed by atoms with E-state index in [0.717, 1.165) is 18.3 Å². The smallest absolute Gasteiger partial charge is 0.123 e. The van der Waals surface area contributed by atoms with Gasteiger partial charge in [0.2, 0.25) is 0 Å². The first-order valence-electron chi connectivity index (χ1n) is 9.81. The molecule has 2 atom stereocenters. The van der Waals surface area contributed by atoms with Crippen molar-refractivity contribution in [2.75, 3.05) is 6.54 Å². The van der Waals surface area contributed by atoms with Crippen LogP contribution in [0.15, 0.2) is 18.2 Å². The van der Waals surface area contributed by atoms with Crippen LogP contribution in [0.3, 0.4) is 0 Å². The van der Waals surface area contributed by atoms with Gasteiger partial charge in [0.25, 0.3) is 0 Å². The molecule has 2 unspecified atom stereocenters. The molecule has 1 N–H and O–H groups in total. The van der Waals surface area contributed by atoms with E-state index in [9.17, 15) is 4.39 Å². The zero-order valence-electron chi connectivity index (χ0n) is 14.2. The van der Waals surface area contributed by atoms with Gasteiger partial charge in [0.05, 0.1) is 0 Å². The number of hydrogen-bond donors (Lipinski definition) is 1. The molecule has 0 saturated heterocycles. The Bertz CT molecular complexity index is 531. The minimum atomic E-state index is -0.0671. The van der Waals surface area contributed by atoms with Crippen LogP contribution in [-0.4, -0.2) is 12.6 Å². The quantitative estimate of drug-likeness (QED) is 0.788. The van der Waals surface area contributed by atoms with Crippen LogP contribution in [0, 0.1) is 17.7 Å². The second-order valence-corrected chi connectivity index (χ2v) is 8.19. The maximum Gasteiger partial charge on any atom is 0.123 e. The molecule has 0 aliphatic heterocycles. The third-order valence-electron chi connectivity index (χ3n) is 6.39. The Morgan fingerprint density at radius 3 is 2.57 bits per heavy atom. The first-order valence-corrected chi connectivity index (χ1v) is 9.81. The topological polar surface area (TPSA) is 12.0 Å². The van der Waals surface area contributed by atoms with Crippen molar-refractivity contribution in [3.05, 3.63) is 35.1 Å². The summed E-state index contributed by atoms with van der Waals surface area (Å²) in [6, 6.07) is 6.14. The van der Waals surface area contributed by atoms with E-state index in [1.165, 1.54) is 75.5 Å². The monoisotopic (exact) mass is 315 g/mol. The average Bonchev–Trinajstić information content (AvgIpc) is 3.39. The molecule has 2 saturated carbocycles. The molecule has 0 heterocycles. The summed E-state index contributed by atoms with van der Waals surface area (Å²) in [6.07, 6.45) is 13.4. The molecule has 126 valence electrons. The fraction of sp³-hybridized carbons (Fsp3) is 0.714. The summed E-state index contributed by atoms with van der Waals surface area (Å²) < 4.78 is 13.6. The number of aryl methyl sites for hydroxylation is 1. The lowest BCUT2D eigenvalue weighted by Gasteiger charge is -2.36. The second-order valence-electron chi connectivity index (χ2n) is 8.19. The molecule has 1 nitrogen and oxygen atoms in total. The number of benzene rings is 1. The summed E-state index contributed by atoms with van der Waals surface area (Å²) in [6.45, 7) is 1.20. The van der Waals surface area contributed by atoms with Crippen molar-refractivity contribution < 1.29 is 4.39 Å². The van der Waals surface area contributed by atoms with Crippen molar-refractivity contribution in [3.63, 3.8) is 0 Å². The van der Waals surface area contributed by atoms with Crippen LogP contribution in [-0.2, 0) is 6.42 Å². The van der Waals surface area contributed by atoms with Gasteiger partial charge in [0.15, 0.2) is 0 Å². The Morgan fingerprint density at radius 2 is 1.78 bits per heavy atom. The first kappa shape index (κ1) is 15.6. The van der Waals surface area contributed by atoms with Gasteiger partial charge in [-0.25, -0.2) is 4.39 Å². The molecule has 3 aliphatic rings. The van der Waals surface area contributed by atoms with Crippen molar-refractivity contribution in [2.45, 2.75) is 76.2 Å². The van der Waals surface area contributed by atoms with Gasteiger partial charge in [-0.15, -0.1) is 0 Å². The molecule has 0 radical (unpaired) electrons. The molecule has 0 aromatic heterocycles. The van der Waals surface area contributed by atoms with Crippen LogP contribution < -0.4 is 5.32 Å². The second kappa shape index (κ2) is 6.93. The van der Waals surface area contributed by atoms with Crippen LogP contribution in [0.4, 0.5) is 4.39 Å². The predicted octanol–water partition coefficient (Wildman–Crippen LogP) is 5.19. The Morgan fingerprint density at radius 1 is 0.957 bits per heavy atom. The van der Waals surface area contributed by atoms with Gasteiger partial charge in [0, 0.05) is 6.04 Å². The van der Waals surface area contributed by atoms with Crippen LogP contribution in [0.2, 0.25) is 0 Å². The van der Waals surface area contributed by atoms with Gasteiger partial charge in [-0.3, -0.25) is 0 Å². The molecule has 23 heavy (non-hydrogen) atoms. The minimum absolute atomic E-state index is 0.0671. The number of fused-ring (bicyclic) bond motifs is 1. The van der Waals surface area contributed by atoms with Crippen molar-refractivity contribution in [1.29, 1.82) is 0 Å². The summed E-state index contributed by atoms with van der Waals surface area (Å²) in [4.78, 5) is 0. The van der Waals surface area contributed by atoms with E-state index in [1.807, 2.05) is 0 Å².